The van der Waals surface area contributed by atoms with E-state index in [2.05, 4.69) is 0 Å². The number of imide groups is 1. The van der Waals surface area contributed by atoms with Crippen molar-refractivity contribution in [1.29, 1.82) is 0 Å². The highest BCUT2D eigenvalue weighted by Crippen LogP contribution is 2.37. The van der Waals surface area contributed by atoms with Gasteiger partial charge in [-0.1, -0.05) is 41.9 Å². The van der Waals surface area contributed by atoms with Crippen LogP contribution in [0.2, 0.25) is 5.02 Å². The van der Waals surface area contributed by atoms with Gasteiger partial charge in [0.05, 0.1) is 23.5 Å². The SMILES string of the molecule is Cc1ccccc1N1C(=O)C(c2ccc(Cl)cc2)=C(N2CC(C)OC(C)C2)C1=O. The smallest absolute Gasteiger partial charge is 0.282 e. The molecule has 0 radical (unpaired) electrons. The summed E-state index contributed by atoms with van der Waals surface area (Å²) in [7, 11) is 0. The summed E-state index contributed by atoms with van der Waals surface area (Å²) in [6.07, 6.45) is -0.0683. The molecule has 2 atom stereocenters. The van der Waals surface area contributed by atoms with Gasteiger partial charge in [-0.2, -0.15) is 0 Å². The second kappa shape index (κ2) is 7.65. The Bertz CT molecular complexity index is 989. The fourth-order valence-corrected chi connectivity index (χ4v) is 4.21. The van der Waals surface area contributed by atoms with Crippen LogP contribution in [0.25, 0.3) is 5.57 Å². The van der Waals surface area contributed by atoms with Gasteiger partial charge in [0, 0.05) is 18.1 Å². The molecule has 1 saturated heterocycles. The van der Waals surface area contributed by atoms with E-state index in [-0.39, 0.29) is 24.0 Å². The molecule has 2 amide bonds. The number of aryl methyl sites for hydroxylation is 1. The number of hydrogen-bond donors (Lipinski definition) is 0. The highest BCUT2D eigenvalue weighted by atomic mass is 35.5. The summed E-state index contributed by atoms with van der Waals surface area (Å²) in [6, 6.07) is 14.5. The first kappa shape index (κ1) is 19.7. The van der Waals surface area contributed by atoms with E-state index in [1.807, 2.05) is 43.9 Å². The lowest BCUT2D eigenvalue weighted by Gasteiger charge is -2.37. The van der Waals surface area contributed by atoms with E-state index in [9.17, 15) is 9.59 Å². The van der Waals surface area contributed by atoms with Gasteiger partial charge in [-0.15, -0.1) is 0 Å². The van der Waals surface area contributed by atoms with Crippen LogP contribution in [0.15, 0.2) is 54.2 Å². The van der Waals surface area contributed by atoms with Crippen molar-refractivity contribution in [3.05, 3.63) is 70.4 Å². The third-order valence-corrected chi connectivity index (χ3v) is 5.54. The van der Waals surface area contributed by atoms with Crippen LogP contribution in [0.3, 0.4) is 0 Å². The van der Waals surface area contributed by atoms with Crippen molar-refractivity contribution in [3.8, 4) is 0 Å². The molecule has 2 unspecified atom stereocenters. The van der Waals surface area contributed by atoms with Gasteiger partial charge in [-0.05, 0) is 50.1 Å². The zero-order valence-electron chi connectivity index (χ0n) is 16.7. The van der Waals surface area contributed by atoms with Crippen molar-refractivity contribution < 1.29 is 14.3 Å². The zero-order chi connectivity index (χ0) is 20.7. The van der Waals surface area contributed by atoms with Crippen LogP contribution in [0.1, 0.15) is 25.0 Å². The molecule has 0 aromatic heterocycles. The van der Waals surface area contributed by atoms with Gasteiger partial charge in [0.15, 0.2) is 0 Å². The van der Waals surface area contributed by atoms with Gasteiger partial charge < -0.3 is 9.64 Å². The molecular formula is C23H23ClN2O3. The molecule has 5 nitrogen and oxygen atoms in total. The molecular weight excluding hydrogens is 388 g/mol. The quantitative estimate of drug-likeness (QED) is 0.716. The Kier molecular flexibility index (Phi) is 5.19. The Morgan fingerprint density at radius 3 is 2.17 bits per heavy atom. The van der Waals surface area contributed by atoms with Crippen LogP contribution in [-0.4, -0.2) is 42.0 Å². The maximum Gasteiger partial charge on any atom is 0.282 e. The van der Waals surface area contributed by atoms with Crippen LogP contribution < -0.4 is 4.90 Å². The number of ether oxygens (including phenoxy) is 1. The lowest BCUT2D eigenvalue weighted by molar-refractivity contribution is -0.121. The molecule has 150 valence electrons. The number of carbonyl (C=O) groups is 2. The molecule has 4 rings (SSSR count). The molecule has 1 fully saturated rings. The number of nitrogens with zero attached hydrogens (tertiary/aromatic N) is 2. The minimum atomic E-state index is -0.312. The number of amides is 2. The summed E-state index contributed by atoms with van der Waals surface area (Å²) >= 11 is 6.05. The highest BCUT2D eigenvalue weighted by Gasteiger charge is 2.44. The molecule has 2 aliphatic rings. The van der Waals surface area contributed by atoms with Crippen LogP contribution in [-0.2, 0) is 14.3 Å². The Morgan fingerprint density at radius 1 is 0.931 bits per heavy atom. The highest BCUT2D eigenvalue weighted by molar-refractivity contribution is 6.45. The van der Waals surface area contributed by atoms with E-state index < -0.39 is 0 Å². The second-order valence-electron chi connectivity index (χ2n) is 7.63. The standard InChI is InChI=1S/C23H23ClN2O3/c1-14-6-4-5-7-19(14)26-22(27)20(17-8-10-18(24)11-9-17)21(23(26)28)25-12-15(2)29-16(3)13-25/h4-11,15-16H,12-13H2,1-3H3. The summed E-state index contributed by atoms with van der Waals surface area (Å²) in [4.78, 5) is 30.4. The van der Waals surface area contributed by atoms with E-state index in [0.717, 1.165) is 5.56 Å². The number of carbonyl (C=O) groups excluding carboxylic acids is 2. The van der Waals surface area contributed by atoms with Crippen LogP contribution >= 0.6 is 11.6 Å². The molecule has 29 heavy (non-hydrogen) atoms. The maximum atomic E-state index is 13.6. The first-order chi connectivity index (χ1) is 13.9. The van der Waals surface area contributed by atoms with Gasteiger partial charge in [-0.25, -0.2) is 4.90 Å². The van der Waals surface area contributed by atoms with E-state index in [1.165, 1.54) is 4.90 Å². The minimum absolute atomic E-state index is 0.0341. The molecule has 0 aliphatic carbocycles. The van der Waals surface area contributed by atoms with Crippen molar-refractivity contribution >= 4 is 34.7 Å². The average Bonchev–Trinajstić information content (AvgIpc) is 2.93. The Hall–Kier alpha value is -2.63. The molecule has 0 bridgehead atoms. The summed E-state index contributed by atoms with van der Waals surface area (Å²) in [5, 5.41) is 0.581. The third-order valence-electron chi connectivity index (χ3n) is 5.28. The maximum absolute atomic E-state index is 13.6. The van der Waals surface area contributed by atoms with Crippen LogP contribution in [0, 0.1) is 6.92 Å². The Morgan fingerprint density at radius 2 is 1.55 bits per heavy atom. The molecule has 0 spiro atoms. The lowest BCUT2D eigenvalue weighted by Crippen LogP contribution is -2.47. The minimum Gasteiger partial charge on any atom is -0.372 e. The van der Waals surface area contributed by atoms with Crippen molar-refractivity contribution in [2.75, 3.05) is 18.0 Å². The van der Waals surface area contributed by atoms with Gasteiger partial charge in [-0.3, -0.25) is 9.59 Å². The van der Waals surface area contributed by atoms with Crippen LogP contribution in [0.4, 0.5) is 5.69 Å². The van der Waals surface area contributed by atoms with E-state index in [1.54, 1.807) is 30.3 Å². The molecule has 6 heteroatoms. The Balaban J connectivity index is 1.85. The molecule has 0 N–H and O–H groups in total. The average molecular weight is 411 g/mol. The zero-order valence-corrected chi connectivity index (χ0v) is 17.4. The number of halogens is 1. The molecule has 2 heterocycles. The number of rotatable bonds is 3. The number of anilines is 1. The van der Waals surface area contributed by atoms with E-state index >= 15 is 0 Å². The first-order valence-electron chi connectivity index (χ1n) is 9.72. The summed E-state index contributed by atoms with van der Waals surface area (Å²) in [5.41, 5.74) is 3.01. The summed E-state index contributed by atoms with van der Waals surface area (Å²) in [6.45, 7) is 6.96. The van der Waals surface area contributed by atoms with Gasteiger partial charge in [0.25, 0.3) is 11.8 Å². The molecule has 0 saturated carbocycles. The first-order valence-corrected chi connectivity index (χ1v) is 10.1. The van der Waals surface area contributed by atoms with Gasteiger partial charge >= 0.3 is 0 Å². The van der Waals surface area contributed by atoms with Crippen molar-refractivity contribution in [2.24, 2.45) is 0 Å². The van der Waals surface area contributed by atoms with Crippen LogP contribution in [0.5, 0.6) is 0 Å². The monoisotopic (exact) mass is 410 g/mol. The fourth-order valence-electron chi connectivity index (χ4n) is 4.08. The van der Waals surface area contributed by atoms with Crippen molar-refractivity contribution in [3.63, 3.8) is 0 Å². The van der Waals surface area contributed by atoms with E-state index in [4.69, 9.17) is 16.3 Å². The predicted octanol–water partition coefficient (Wildman–Crippen LogP) is 4.04. The van der Waals surface area contributed by atoms with E-state index in [0.29, 0.717) is 40.6 Å². The van der Waals surface area contributed by atoms with Crippen molar-refractivity contribution in [1.82, 2.24) is 4.90 Å². The summed E-state index contributed by atoms with van der Waals surface area (Å²) < 4.78 is 5.83. The number of benzene rings is 2. The molecule has 2 aromatic carbocycles. The Labute approximate surface area is 175 Å². The molecule has 2 aliphatic heterocycles. The summed E-state index contributed by atoms with van der Waals surface area (Å²) in [5.74, 6) is -0.607. The normalized spacial score (nSPS) is 22.6. The molecule has 2 aromatic rings. The topological polar surface area (TPSA) is 49.9 Å². The number of para-hydroxylation sites is 1. The second-order valence-corrected chi connectivity index (χ2v) is 8.06. The fraction of sp³-hybridized carbons (Fsp3) is 0.304. The predicted molar refractivity (Wildman–Crippen MR) is 114 cm³/mol. The largest absolute Gasteiger partial charge is 0.372 e. The number of hydrogen-bond acceptors (Lipinski definition) is 4. The lowest BCUT2D eigenvalue weighted by atomic mass is 10.0. The van der Waals surface area contributed by atoms with Crippen molar-refractivity contribution in [2.45, 2.75) is 33.0 Å². The van der Waals surface area contributed by atoms with Gasteiger partial charge in [0.1, 0.15) is 5.70 Å². The third kappa shape index (κ3) is 3.56. The number of morpholine rings is 1. The van der Waals surface area contributed by atoms with Gasteiger partial charge in [0.2, 0.25) is 0 Å².